The molecular weight excluding hydrogens is 236 g/mol. The maximum atomic E-state index is 4.59. The van der Waals surface area contributed by atoms with Crippen molar-refractivity contribution >= 4 is 11.6 Å². The van der Waals surface area contributed by atoms with Gasteiger partial charge in [0.25, 0.3) is 0 Å². The van der Waals surface area contributed by atoms with Crippen LogP contribution in [-0.4, -0.2) is 23.1 Å². The minimum atomic E-state index is 0.574. The van der Waals surface area contributed by atoms with Gasteiger partial charge in [-0.05, 0) is 12.8 Å². The molecule has 1 heterocycles. The highest BCUT2D eigenvalue weighted by Crippen LogP contribution is 2.21. The zero-order valence-corrected chi connectivity index (χ0v) is 12.2. The third-order valence-electron chi connectivity index (χ3n) is 3.80. The van der Waals surface area contributed by atoms with Crippen molar-refractivity contribution in [3.05, 3.63) is 11.9 Å². The number of nitrogens with one attached hydrogen (secondary N) is 2. The molecule has 0 amide bonds. The molecule has 1 aliphatic carbocycles. The fraction of sp³-hybridized carbons (Fsp3) is 0.733. The van der Waals surface area contributed by atoms with E-state index in [9.17, 15) is 0 Å². The molecule has 2 N–H and O–H groups in total. The SMILES string of the molecule is CCc1nc(NC)cc(NC2CCCCCCC2)n1. The number of aromatic nitrogens is 2. The van der Waals surface area contributed by atoms with Gasteiger partial charge in [-0.3, -0.25) is 0 Å². The molecule has 0 spiro atoms. The Bertz CT molecular complexity index is 361. The lowest BCUT2D eigenvalue weighted by Crippen LogP contribution is -2.21. The van der Waals surface area contributed by atoms with E-state index in [2.05, 4.69) is 27.5 Å². The Labute approximate surface area is 116 Å². The average molecular weight is 262 g/mol. The van der Waals surface area contributed by atoms with Crippen LogP contribution < -0.4 is 10.6 Å². The van der Waals surface area contributed by atoms with Gasteiger partial charge in [0.05, 0.1) is 0 Å². The first-order chi connectivity index (χ1) is 9.31. The number of rotatable bonds is 4. The summed E-state index contributed by atoms with van der Waals surface area (Å²) in [5, 5.41) is 6.72. The standard InChI is InChI=1S/C15H26N4/c1-3-13-18-14(16-2)11-15(19-13)17-12-9-7-5-4-6-8-10-12/h11-12H,3-10H2,1-2H3,(H2,16,17,18,19). The summed E-state index contributed by atoms with van der Waals surface area (Å²) in [7, 11) is 1.90. The summed E-state index contributed by atoms with van der Waals surface area (Å²) in [6.07, 6.45) is 10.2. The first-order valence-electron chi connectivity index (χ1n) is 7.64. The minimum absolute atomic E-state index is 0.574. The van der Waals surface area contributed by atoms with Gasteiger partial charge in [-0.1, -0.05) is 39.0 Å². The van der Waals surface area contributed by atoms with E-state index in [0.29, 0.717) is 6.04 Å². The van der Waals surface area contributed by atoms with Gasteiger partial charge in [0, 0.05) is 25.6 Å². The molecule has 19 heavy (non-hydrogen) atoms. The summed E-state index contributed by atoms with van der Waals surface area (Å²) in [6, 6.07) is 2.59. The molecule has 1 aromatic heterocycles. The second-order valence-electron chi connectivity index (χ2n) is 5.34. The van der Waals surface area contributed by atoms with E-state index >= 15 is 0 Å². The van der Waals surface area contributed by atoms with E-state index < -0.39 is 0 Å². The lowest BCUT2D eigenvalue weighted by Gasteiger charge is -2.22. The van der Waals surface area contributed by atoms with Crippen molar-refractivity contribution in [2.45, 2.75) is 64.3 Å². The van der Waals surface area contributed by atoms with Gasteiger partial charge in [0.15, 0.2) is 0 Å². The van der Waals surface area contributed by atoms with E-state index in [1.165, 1.54) is 44.9 Å². The lowest BCUT2D eigenvalue weighted by atomic mass is 9.97. The summed E-state index contributed by atoms with van der Waals surface area (Å²) >= 11 is 0. The van der Waals surface area contributed by atoms with Gasteiger partial charge in [0.1, 0.15) is 17.5 Å². The molecule has 0 atom stereocenters. The van der Waals surface area contributed by atoms with Crippen molar-refractivity contribution in [3.8, 4) is 0 Å². The molecule has 0 unspecified atom stereocenters. The Hall–Kier alpha value is -1.32. The van der Waals surface area contributed by atoms with Crippen molar-refractivity contribution in [2.75, 3.05) is 17.7 Å². The molecule has 2 rings (SSSR count). The average Bonchev–Trinajstić information content (AvgIpc) is 2.41. The van der Waals surface area contributed by atoms with Gasteiger partial charge in [0.2, 0.25) is 0 Å². The number of anilines is 2. The molecule has 1 aromatic rings. The Balaban J connectivity index is 2.03. The molecule has 0 bridgehead atoms. The molecule has 106 valence electrons. The smallest absolute Gasteiger partial charge is 0.132 e. The fourth-order valence-corrected chi connectivity index (χ4v) is 2.67. The molecule has 0 aromatic carbocycles. The number of aryl methyl sites for hydroxylation is 1. The van der Waals surface area contributed by atoms with E-state index in [4.69, 9.17) is 0 Å². The molecule has 0 aliphatic heterocycles. The Morgan fingerprint density at radius 1 is 1.05 bits per heavy atom. The van der Waals surface area contributed by atoms with Crippen LogP contribution in [0.2, 0.25) is 0 Å². The van der Waals surface area contributed by atoms with Crippen molar-refractivity contribution in [1.82, 2.24) is 9.97 Å². The van der Waals surface area contributed by atoms with Crippen molar-refractivity contribution in [1.29, 1.82) is 0 Å². The third-order valence-corrected chi connectivity index (χ3v) is 3.80. The zero-order valence-electron chi connectivity index (χ0n) is 12.2. The third kappa shape index (κ3) is 4.37. The van der Waals surface area contributed by atoms with Crippen LogP contribution in [-0.2, 0) is 6.42 Å². The molecule has 4 nitrogen and oxygen atoms in total. The normalized spacial score (nSPS) is 17.6. The van der Waals surface area contributed by atoms with Crippen LogP contribution in [0.15, 0.2) is 6.07 Å². The second kappa shape index (κ2) is 7.31. The molecule has 0 radical (unpaired) electrons. The van der Waals surface area contributed by atoms with E-state index in [-0.39, 0.29) is 0 Å². The highest BCUT2D eigenvalue weighted by molar-refractivity contribution is 5.47. The van der Waals surface area contributed by atoms with Crippen molar-refractivity contribution in [3.63, 3.8) is 0 Å². The predicted molar refractivity (Wildman–Crippen MR) is 80.7 cm³/mol. The van der Waals surface area contributed by atoms with Gasteiger partial charge < -0.3 is 10.6 Å². The monoisotopic (exact) mass is 262 g/mol. The Kier molecular flexibility index (Phi) is 5.43. The molecular formula is C15H26N4. The second-order valence-corrected chi connectivity index (χ2v) is 5.34. The van der Waals surface area contributed by atoms with Crippen LogP contribution in [0.5, 0.6) is 0 Å². The fourth-order valence-electron chi connectivity index (χ4n) is 2.67. The maximum Gasteiger partial charge on any atom is 0.132 e. The summed E-state index contributed by atoms with van der Waals surface area (Å²) in [6.45, 7) is 2.09. The van der Waals surface area contributed by atoms with Gasteiger partial charge >= 0.3 is 0 Å². The minimum Gasteiger partial charge on any atom is -0.373 e. The Morgan fingerprint density at radius 3 is 2.32 bits per heavy atom. The molecule has 1 aliphatic rings. The number of nitrogens with zero attached hydrogens (tertiary/aromatic N) is 2. The van der Waals surface area contributed by atoms with Crippen molar-refractivity contribution in [2.24, 2.45) is 0 Å². The topological polar surface area (TPSA) is 49.8 Å². The molecule has 4 heteroatoms. The van der Waals surface area contributed by atoms with Crippen LogP contribution in [0.4, 0.5) is 11.6 Å². The van der Waals surface area contributed by atoms with Gasteiger partial charge in [-0.25, -0.2) is 9.97 Å². The first kappa shape index (κ1) is 14.1. The van der Waals surface area contributed by atoms with E-state index in [0.717, 1.165) is 23.9 Å². The summed E-state index contributed by atoms with van der Waals surface area (Å²) < 4.78 is 0. The predicted octanol–water partition coefficient (Wildman–Crippen LogP) is 3.61. The van der Waals surface area contributed by atoms with Crippen LogP contribution in [0.1, 0.15) is 57.7 Å². The highest BCUT2D eigenvalue weighted by Gasteiger charge is 2.12. The van der Waals surface area contributed by atoms with Crippen LogP contribution in [0, 0.1) is 0 Å². The summed E-state index contributed by atoms with van der Waals surface area (Å²) in [5.74, 6) is 2.78. The summed E-state index contributed by atoms with van der Waals surface area (Å²) in [4.78, 5) is 9.02. The van der Waals surface area contributed by atoms with E-state index in [1.54, 1.807) is 0 Å². The number of hydrogen-bond donors (Lipinski definition) is 2. The van der Waals surface area contributed by atoms with E-state index in [1.807, 2.05) is 13.1 Å². The van der Waals surface area contributed by atoms with Crippen molar-refractivity contribution < 1.29 is 0 Å². The van der Waals surface area contributed by atoms with Gasteiger partial charge in [-0.2, -0.15) is 0 Å². The quantitative estimate of drug-likeness (QED) is 0.870. The number of hydrogen-bond acceptors (Lipinski definition) is 4. The largest absolute Gasteiger partial charge is 0.373 e. The maximum absolute atomic E-state index is 4.59. The Morgan fingerprint density at radius 2 is 1.68 bits per heavy atom. The van der Waals surface area contributed by atoms with Gasteiger partial charge in [-0.15, -0.1) is 0 Å². The zero-order chi connectivity index (χ0) is 13.5. The summed E-state index contributed by atoms with van der Waals surface area (Å²) in [5.41, 5.74) is 0. The highest BCUT2D eigenvalue weighted by atomic mass is 15.1. The first-order valence-corrected chi connectivity index (χ1v) is 7.64. The van der Waals surface area contributed by atoms with Crippen LogP contribution >= 0.6 is 0 Å². The van der Waals surface area contributed by atoms with Crippen LogP contribution in [0.3, 0.4) is 0 Å². The molecule has 1 fully saturated rings. The molecule has 0 saturated heterocycles. The van der Waals surface area contributed by atoms with Crippen LogP contribution in [0.25, 0.3) is 0 Å². The lowest BCUT2D eigenvalue weighted by molar-refractivity contribution is 0.470. The molecule has 1 saturated carbocycles.